The topological polar surface area (TPSA) is 60.9 Å². The molecule has 0 aliphatic carbocycles. The molecule has 0 atom stereocenters. The van der Waals surface area contributed by atoms with Gasteiger partial charge in [-0.1, -0.05) is 42.0 Å². The number of para-hydroxylation sites is 1. The van der Waals surface area contributed by atoms with Gasteiger partial charge in [-0.25, -0.2) is 12.8 Å². The second-order valence-electron chi connectivity index (χ2n) is 8.35. The van der Waals surface area contributed by atoms with Gasteiger partial charge in [-0.05, 0) is 37.3 Å². The van der Waals surface area contributed by atoms with Crippen LogP contribution in [-0.4, -0.2) is 51.9 Å². The van der Waals surface area contributed by atoms with Gasteiger partial charge in [0, 0.05) is 37.3 Å². The van der Waals surface area contributed by atoms with Crippen molar-refractivity contribution in [3.05, 3.63) is 78.1 Å². The van der Waals surface area contributed by atoms with E-state index in [2.05, 4.69) is 0 Å². The van der Waals surface area contributed by atoms with Crippen LogP contribution in [-0.2, 0) is 14.8 Å². The summed E-state index contributed by atoms with van der Waals surface area (Å²) >= 11 is 0. The van der Waals surface area contributed by atoms with E-state index in [4.69, 9.17) is 0 Å². The molecule has 8 heteroatoms. The van der Waals surface area contributed by atoms with Crippen molar-refractivity contribution in [1.29, 1.82) is 0 Å². The lowest BCUT2D eigenvalue weighted by Gasteiger charge is -2.38. The van der Waals surface area contributed by atoms with E-state index < -0.39 is 10.0 Å². The molecule has 5 rings (SSSR count). The molecule has 0 saturated carbocycles. The van der Waals surface area contributed by atoms with E-state index in [1.54, 1.807) is 47.4 Å². The lowest BCUT2D eigenvalue weighted by Crippen LogP contribution is -2.52. The zero-order chi connectivity index (χ0) is 23.2. The van der Waals surface area contributed by atoms with Crippen LogP contribution in [0.15, 0.2) is 71.6 Å². The number of piperazine rings is 1. The van der Waals surface area contributed by atoms with Crippen LogP contribution in [0, 0.1) is 12.7 Å². The molecule has 0 radical (unpaired) electrons. The van der Waals surface area contributed by atoms with Gasteiger partial charge >= 0.3 is 0 Å². The van der Waals surface area contributed by atoms with Gasteiger partial charge in [0.25, 0.3) is 10.0 Å². The third-order valence-electron chi connectivity index (χ3n) is 6.27. The number of nitrogens with zero attached hydrogens (tertiary/aromatic N) is 3. The summed E-state index contributed by atoms with van der Waals surface area (Å²) in [5, 5.41) is 0. The minimum Gasteiger partial charge on any atom is -0.366 e. The average Bonchev–Trinajstić information content (AvgIpc) is 2.82. The Balaban J connectivity index is 1.38. The fourth-order valence-corrected chi connectivity index (χ4v) is 6.19. The van der Waals surface area contributed by atoms with Gasteiger partial charge in [-0.3, -0.25) is 9.10 Å². The standard InChI is InChI=1S/C25H24FN3O3S/c1-18-10-11-22-20(16-18)19-6-2-5-9-24(19)33(31,32)29(22)17-25(30)28-14-12-27(13-15-28)23-8-4-3-7-21(23)26/h2-11,16H,12-15,17H2,1H3. The van der Waals surface area contributed by atoms with Crippen molar-refractivity contribution in [2.24, 2.45) is 0 Å². The van der Waals surface area contributed by atoms with Crippen molar-refractivity contribution in [1.82, 2.24) is 4.90 Å². The van der Waals surface area contributed by atoms with Crippen molar-refractivity contribution >= 4 is 27.3 Å². The van der Waals surface area contributed by atoms with E-state index in [1.165, 1.54) is 10.4 Å². The van der Waals surface area contributed by atoms with Crippen LogP contribution in [0.3, 0.4) is 0 Å². The van der Waals surface area contributed by atoms with Gasteiger partial charge in [0.05, 0.1) is 16.3 Å². The molecule has 0 N–H and O–H groups in total. The number of anilines is 2. The summed E-state index contributed by atoms with van der Waals surface area (Å²) in [6.45, 7) is 3.45. The molecule has 0 bridgehead atoms. The summed E-state index contributed by atoms with van der Waals surface area (Å²) in [7, 11) is -3.88. The quantitative estimate of drug-likeness (QED) is 0.592. The fraction of sp³-hybridized carbons (Fsp3) is 0.240. The number of amides is 1. The van der Waals surface area contributed by atoms with E-state index in [0.717, 1.165) is 11.1 Å². The van der Waals surface area contributed by atoms with Gasteiger partial charge < -0.3 is 9.80 Å². The van der Waals surface area contributed by atoms with Crippen LogP contribution >= 0.6 is 0 Å². The van der Waals surface area contributed by atoms with E-state index >= 15 is 0 Å². The first-order chi connectivity index (χ1) is 15.9. The predicted octanol–water partition coefficient (Wildman–Crippen LogP) is 3.66. The molecule has 2 aliphatic rings. The molecule has 1 amide bonds. The summed E-state index contributed by atoms with van der Waals surface area (Å²) in [6, 6.07) is 19.0. The molecule has 2 aliphatic heterocycles. The molecule has 0 unspecified atom stereocenters. The Bertz CT molecular complexity index is 1330. The molecule has 170 valence electrons. The van der Waals surface area contributed by atoms with Crippen LogP contribution in [0.5, 0.6) is 0 Å². The summed E-state index contributed by atoms with van der Waals surface area (Å²) in [4.78, 5) is 17.0. The van der Waals surface area contributed by atoms with Crippen molar-refractivity contribution in [3.8, 4) is 11.1 Å². The molecule has 2 heterocycles. The zero-order valence-electron chi connectivity index (χ0n) is 18.2. The number of sulfonamides is 1. The predicted molar refractivity (Wildman–Crippen MR) is 126 cm³/mol. The maximum Gasteiger partial charge on any atom is 0.265 e. The number of fused-ring (bicyclic) bond motifs is 3. The van der Waals surface area contributed by atoms with Crippen LogP contribution in [0.1, 0.15) is 5.56 Å². The monoisotopic (exact) mass is 465 g/mol. The number of hydrogen-bond donors (Lipinski definition) is 0. The molecular weight excluding hydrogens is 441 g/mol. The van der Waals surface area contributed by atoms with Crippen LogP contribution in [0.4, 0.5) is 15.8 Å². The number of carbonyl (C=O) groups is 1. The van der Waals surface area contributed by atoms with Gasteiger partial charge in [-0.2, -0.15) is 0 Å². The molecule has 1 fully saturated rings. The van der Waals surface area contributed by atoms with Crippen molar-refractivity contribution in [2.45, 2.75) is 11.8 Å². The molecule has 3 aromatic rings. The molecular formula is C25H24FN3O3S. The average molecular weight is 466 g/mol. The maximum absolute atomic E-state index is 14.1. The highest BCUT2D eigenvalue weighted by Crippen LogP contribution is 2.43. The Labute approximate surface area is 192 Å². The van der Waals surface area contributed by atoms with Crippen molar-refractivity contribution < 1.29 is 17.6 Å². The smallest absolute Gasteiger partial charge is 0.265 e. The summed E-state index contributed by atoms with van der Waals surface area (Å²) in [5.41, 5.74) is 3.50. The second-order valence-corrected chi connectivity index (χ2v) is 10.2. The Morgan fingerprint density at radius 3 is 2.33 bits per heavy atom. The number of aryl methyl sites for hydroxylation is 1. The van der Waals surface area contributed by atoms with Crippen LogP contribution < -0.4 is 9.21 Å². The van der Waals surface area contributed by atoms with Gasteiger partial charge in [-0.15, -0.1) is 0 Å². The molecule has 1 saturated heterocycles. The van der Waals surface area contributed by atoms with E-state index in [0.29, 0.717) is 43.1 Å². The van der Waals surface area contributed by atoms with Gasteiger partial charge in [0.15, 0.2) is 0 Å². The fourth-order valence-electron chi connectivity index (χ4n) is 4.54. The Morgan fingerprint density at radius 2 is 1.58 bits per heavy atom. The van der Waals surface area contributed by atoms with E-state index in [1.807, 2.05) is 30.0 Å². The van der Waals surface area contributed by atoms with E-state index in [9.17, 15) is 17.6 Å². The SMILES string of the molecule is Cc1ccc2c(c1)-c1ccccc1S(=O)(=O)N2CC(=O)N1CCN(c2ccccc2F)CC1. The van der Waals surface area contributed by atoms with Crippen molar-refractivity contribution in [2.75, 3.05) is 41.9 Å². The number of benzene rings is 3. The minimum absolute atomic E-state index is 0.209. The lowest BCUT2D eigenvalue weighted by atomic mass is 10.0. The number of hydrogen-bond acceptors (Lipinski definition) is 4. The third kappa shape index (κ3) is 3.74. The van der Waals surface area contributed by atoms with E-state index in [-0.39, 0.29) is 23.2 Å². The Morgan fingerprint density at radius 1 is 0.879 bits per heavy atom. The summed E-state index contributed by atoms with van der Waals surface area (Å²) < 4.78 is 42.2. The summed E-state index contributed by atoms with van der Waals surface area (Å²) in [5.74, 6) is -0.556. The molecule has 3 aromatic carbocycles. The molecule has 6 nitrogen and oxygen atoms in total. The normalized spacial score (nSPS) is 16.8. The van der Waals surface area contributed by atoms with Crippen LogP contribution in [0.25, 0.3) is 11.1 Å². The number of rotatable bonds is 3. The molecule has 33 heavy (non-hydrogen) atoms. The second kappa shape index (κ2) is 8.19. The third-order valence-corrected chi connectivity index (χ3v) is 8.09. The molecule has 0 spiro atoms. The van der Waals surface area contributed by atoms with Gasteiger partial charge in [0.2, 0.25) is 5.91 Å². The Kier molecular flexibility index (Phi) is 5.32. The first-order valence-electron chi connectivity index (χ1n) is 10.9. The largest absolute Gasteiger partial charge is 0.366 e. The van der Waals surface area contributed by atoms with Crippen LogP contribution in [0.2, 0.25) is 0 Å². The first-order valence-corrected chi connectivity index (χ1v) is 12.3. The number of halogens is 1. The highest BCUT2D eigenvalue weighted by Gasteiger charge is 2.37. The van der Waals surface area contributed by atoms with Gasteiger partial charge in [0.1, 0.15) is 12.4 Å². The summed E-state index contributed by atoms with van der Waals surface area (Å²) in [6.07, 6.45) is 0. The lowest BCUT2D eigenvalue weighted by molar-refractivity contribution is -0.129. The van der Waals surface area contributed by atoms with Crippen molar-refractivity contribution in [3.63, 3.8) is 0 Å². The highest BCUT2D eigenvalue weighted by atomic mass is 32.2. The highest BCUT2D eigenvalue weighted by molar-refractivity contribution is 7.93. The first kappa shape index (κ1) is 21.5. The zero-order valence-corrected chi connectivity index (χ0v) is 19.1. The maximum atomic E-state index is 14.1. The Hall–Kier alpha value is -3.39. The number of carbonyl (C=O) groups excluding carboxylic acids is 1. The molecule has 0 aromatic heterocycles. The minimum atomic E-state index is -3.88.